The van der Waals surface area contributed by atoms with Crippen molar-refractivity contribution in [2.24, 2.45) is 11.8 Å². The predicted molar refractivity (Wildman–Crippen MR) is 230 cm³/mol. The van der Waals surface area contributed by atoms with Crippen LogP contribution < -0.4 is 19.5 Å². The molecule has 1 N–H and O–H groups in total. The average Bonchev–Trinajstić information content (AvgIpc) is 3.20. The number of carbonyl (C=O) groups is 4. The zero-order valence-corrected chi connectivity index (χ0v) is 36.3. The molecule has 324 valence electrons. The summed E-state index contributed by atoms with van der Waals surface area (Å²) in [6.07, 6.45) is 24.2. The SMILES string of the molecule is CC/C=C\CCCC.CCCCCCCC(=O)CCC(CCC)C(C)C.COc1cc(/C=C/C(=O)Oc2cccc(CO[N+](=O)[O-])c2)ccc1OC(=O)C(C)NC=O. The fourth-order valence-corrected chi connectivity index (χ4v) is 5.56. The van der Waals surface area contributed by atoms with Crippen molar-refractivity contribution in [2.45, 2.75) is 151 Å². The number of amides is 1. The predicted octanol–water partition coefficient (Wildman–Crippen LogP) is 11.0. The molecule has 2 rings (SSSR count). The third kappa shape index (κ3) is 26.8. The summed E-state index contributed by atoms with van der Waals surface area (Å²) in [6, 6.07) is 9.90. The molecule has 0 fully saturated rings. The number of nitrogens with zero attached hydrogens (tertiary/aromatic N) is 1. The smallest absolute Gasteiger partial charge is 0.336 e. The number of methoxy groups -OCH3 is 1. The number of hydrogen-bond donors (Lipinski definition) is 1. The van der Waals surface area contributed by atoms with Crippen LogP contribution >= 0.6 is 0 Å². The third-order valence-electron chi connectivity index (χ3n) is 9.02. The van der Waals surface area contributed by atoms with Gasteiger partial charge in [0.2, 0.25) is 6.41 Å². The Morgan fingerprint density at radius 2 is 1.55 bits per heavy atom. The minimum atomic E-state index is -0.912. The van der Waals surface area contributed by atoms with E-state index < -0.39 is 23.1 Å². The minimum Gasteiger partial charge on any atom is -0.493 e. The van der Waals surface area contributed by atoms with Crippen LogP contribution in [0.15, 0.2) is 60.7 Å². The number of nitrogens with one attached hydrogen (secondary N) is 1. The molecule has 0 spiro atoms. The van der Waals surface area contributed by atoms with Crippen molar-refractivity contribution in [3.8, 4) is 17.2 Å². The lowest BCUT2D eigenvalue weighted by Crippen LogP contribution is -2.36. The molecule has 0 radical (unpaired) electrons. The van der Waals surface area contributed by atoms with Crippen molar-refractivity contribution >= 4 is 30.2 Å². The summed E-state index contributed by atoms with van der Waals surface area (Å²) in [7, 11) is 1.39. The summed E-state index contributed by atoms with van der Waals surface area (Å²) in [5, 5.41) is 11.6. The Hall–Kier alpha value is -5.00. The number of benzene rings is 2. The molecular weight excluding hydrogens is 741 g/mol. The number of hydrogen-bond acceptors (Lipinski definition) is 10. The molecule has 58 heavy (non-hydrogen) atoms. The fourth-order valence-electron chi connectivity index (χ4n) is 5.56. The molecule has 1 amide bonds. The van der Waals surface area contributed by atoms with Gasteiger partial charge in [-0.15, -0.1) is 10.1 Å². The number of Topliss-reactive ketones (excluding diaryl/α,β-unsaturated/α-hetero) is 1. The molecule has 0 aliphatic rings. The number of carbonyl (C=O) groups excluding carboxylic acids is 4. The van der Waals surface area contributed by atoms with Crippen LogP contribution in [0.1, 0.15) is 149 Å². The molecule has 2 unspecified atom stereocenters. The van der Waals surface area contributed by atoms with Crippen LogP contribution in [0.5, 0.6) is 17.2 Å². The first kappa shape index (κ1) is 53.0. The highest BCUT2D eigenvalue weighted by Crippen LogP contribution is 2.29. The second-order valence-electron chi connectivity index (χ2n) is 14.3. The first-order chi connectivity index (χ1) is 27.8. The van der Waals surface area contributed by atoms with Crippen molar-refractivity contribution in [2.75, 3.05) is 7.11 Å². The number of ketones is 1. The molecule has 0 heterocycles. The van der Waals surface area contributed by atoms with E-state index in [0.717, 1.165) is 37.5 Å². The number of esters is 2. The summed E-state index contributed by atoms with van der Waals surface area (Å²) in [4.78, 5) is 60.8. The first-order valence-electron chi connectivity index (χ1n) is 20.9. The maximum Gasteiger partial charge on any atom is 0.336 e. The Morgan fingerprint density at radius 1 is 0.828 bits per heavy atom. The van der Waals surface area contributed by atoms with E-state index in [1.807, 2.05) is 0 Å². The summed E-state index contributed by atoms with van der Waals surface area (Å²) < 4.78 is 15.6. The molecule has 12 nitrogen and oxygen atoms in total. The maximum atomic E-state index is 12.1. The van der Waals surface area contributed by atoms with E-state index in [2.05, 4.69) is 63.8 Å². The summed E-state index contributed by atoms with van der Waals surface area (Å²) in [5.74, 6) is 1.20. The highest BCUT2D eigenvalue weighted by atomic mass is 16.9. The number of ether oxygens (including phenoxy) is 3. The van der Waals surface area contributed by atoms with Gasteiger partial charge in [-0.25, -0.2) is 9.59 Å². The second-order valence-corrected chi connectivity index (χ2v) is 14.3. The lowest BCUT2D eigenvalue weighted by molar-refractivity contribution is -0.763. The normalized spacial score (nSPS) is 11.7. The van der Waals surface area contributed by atoms with Gasteiger partial charge >= 0.3 is 11.9 Å². The van der Waals surface area contributed by atoms with Gasteiger partial charge in [-0.3, -0.25) is 9.59 Å². The van der Waals surface area contributed by atoms with E-state index in [9.17, 15) is 29.3 Å². The highest BCUT2D eigenvalue weighted by molar-refractivity contribution is 5.89. The molecule has 0 saturated heterocycles. The van der Waals surface area contributed by atoms with Crippen molar-refractivity contribution in [1.29, 1.82) is 0 Å². The van der Waals surface area contributed by atoms with Crippen LogP contribution in [0.3, 0.4) is 0 Å². The molecule has 2 aromatic carbocycles. The van der Waals surface area contributed by atoms with Crippen molar-refractivity contribution in [1.82, 2.24) is 5.32 Å². The van der Waals surface area contributed by atoms with Crippen molar-refractivity contribution in [3.63, 3.8) is 0 Å². The van der Waals surface area contributed by atoms with E-state index >= 15 is 0 Å². The van der Waals surface area contributed by atoms with Crippen LogP contribution in [0.25, 0.3) is 6.08 Å². The molecule has 0 saturated carbocycles. The van der Waals surface area contributed by atoms with E-state index in [-0.39, 0.29) is 23.9 Å². The zero-order valence-electron chi connectivity index (χ0n) is 36.3. The summed E-state index contributed by atoms with van der Waals surface area (Å²) >= 11 is 0. The van der Waals surface area contributed by atoms with Gasteiger partial charge in [-0.05, 0) is 85.9 Å². The molecule has 2 atom stereocenters. The van der Waals surface area contributed by atoms with Crippen LogP contribution in [-0.2, 0) is 30.6 Å². The molecule has 2 aromatic rings. The van der Waals surface area contributed by atoms with Crippen molar-refractivity contribution < 1.29 is 43.3 Å². The number of rotatable bonds is 27. The third-order valence-corrected chi connectivity index (χ3v) is 9.02. The zero-order chi connectivity index (χ0) is 43.6. The highest BCUT2D eigenvalue weighted by Gasteiger charge is 2.17. The van der Waals surface area contributed by atoms with E-state index in [0.29, 0.717) is 23.3 Å². The second kappa shape index (κ2) is 34.1. The fraction of sp³-hybridized carbons (Fsp3) is 0.565. The van der Waals surface area contributed by atoms with Gasteiger partial charge in [-0.2, -0.15) is 0 Å². The Labute approximate surface area is 347 Å². The summed E-state index contributed by atoms with van der Waals surface area (Å²) in [6.45, 7) is 14.6. The van der Waals surface area contributed by atoms with Gasteiger partial charge < -0.3 is 24.4 Å². The van der Waals surface area contributed by atoms with Crippen LogP contribution in [0.2, 0.25) is 0 Å². The van der Waals surface area contributed by atoms with Crippen LogP contribution in [0.4, 0.5) is 0 Å². The van der Waals surface area contributed by atoms with E-state index in [4.69, 9.17) is 14.2 Å². The maximum absolute atomic E-state index is 12.1. The van der Waals surface area contributed by atoms with Gasteiger partial charge in [0, 0.05) is 18.9 Å². The summed E-state index contributed by atoms with van der Waals surface area (Å²) in [5.41, 5.74) is 1.02. The Bertz CT molecular complexity index is 1520. The quantitative estimate of drug-likeness (QED) is 0.0134. The molecular formula is C46H70N2O10. The van der Waals surface area contributed by atoms with Gasteiger partial charge in [0.1, 0.15) is 24.2 Å². The largest absolute Gasteiger partial charge is 0.493 e. The monoisotopic (exact) mass is 811 g/mol. The Kier molecular flexibility index (Phi) is 31.1. The lowest BCUT2D eigenvalue weighted by atomic mass is 9.86. The van der Waals surface area contributed by atoms with Gasteiger partial charge in [0.25, 0.3) is 5.09 Å². The molecule has 0 aliphatic heterocycles. The van der Waals surface area contributed by atoms with E-state index in [1.165, 1.54) is 109 Å². The lowest BCUT2D eigenvalue weighted by Gasteiger charge is -2.19. The minimum absolute atomic E-state index is 0.144. The Morgan fingerprint density at radius 3 is 2.17 bits per heavy atom. The topological polar surface area (TPSA) is 160 Å². The van der Waals surface area contributed by atoms with Gasteiger partial charge in [-0.1, -0.05) is 123 Å². The molecule has 0 aromatic heterocycles. The van der Waals surface area contributed by atoms with Gasteiger partial charge in [0.05, 0.1) is 7.11 Å². The Balaban J connectivity index is 0.00000105. The molecule has 0 aliphatic carbocycles. The molecule has 12 heteroatoms. The standard InChI is InChI=1S/C21H20N2O9.C17H34O.C8H16/c1-14(22-13-24)21(26)32-18-8-6-15(11-19(18)29-2)7-9-20(25)31-17-5-3-4-16(10-17)12-30-23(27)28;1-5-7-8-9-10-12-17(18)14-13-16(11-6-2)15(3)4;1-3-5-7-8-6-4-2/h3-11,13-14H,12H2,1-2H3,(H,22,24);15-16H,5-14H2,1-4H3;5,7H,3-4,6,8H2,1-2H3/b9-7+;;7-5-. The van der Waals surface area contributed by atoms with Crippen LogP contribution in [-0.4, -0.2) is 42.4 Å². The molecule has 0 bridgehead atoms. The van der Waals surface area contributed by atoms with Gasteiger partial charge in [0.15, 0.2) is 11.5 Å². The number of allylic oxidation sites excluding steroid dienone is 2. The van der Waals surface area contributed by atoms with E-state index in [1.54, 1.807) is 24.3 Å². The van der Waals surface area contributed by atoms with Crippen molar-refractivity contribution in [3.05, 3.63) is 81.9 Å². The van der Waals surface area contributed by atoms with Crippen LogP contribution in [0, 0.1) is 22.0 Å². The average molecular weight is 811 g/mol. The first-order valence-corrected chi connectivity index (χ1v) is 20.9. The number of unbranched alkanes of at least 4 members (excludes halogenated alkanes) is 6.